The summed E-state index contributed by atoms with van der Waals surface area (Å²) in [5.74, 6) is -12.6. The molecule has 2 saturated heterocycles. The maximum Gasteiger partial charge on any atom is 0.261 e. The number of aliphatic hydroxyl groups is 1. The third-order valence-electron chi connectivity index (χ3n) is 7.90. The minimum Gasteiger partial charge on any atom is -0.392 e. The highest BCUT2D eigenvalue weighted by Gasteiger charge is 2.34. The third kappa shape index (κ3) is 7.23. The SMILES string of the molecule is O=C(Nc1ccc([C@H]2O[C@@H](CN3CCCCCCC3)C[C@@H](c3ccc(CO)cc3)O2)cc1)c1c(F)c(F)c(F)c(F)c1F. The monoisotopic (exact) mass is 604 g/mol. The lowest BCUT2D eigenvalue weighted by molar-refractivity contribution is -0.253. The molecule has 0 saturated carbocycles. The van der Waals surface area contributed by atoms with Gasteiger partial charge in [0, 0.05) is 24.2 Å². The van der Waals surface area contributed by atoms with Crippen molar-refractivity contribution in [3.8, 4) is 0 Å². The highest BCUT2D eigenvalue weighted by Crippen LogP contribution is 2.38. The normalized spacial score (nSPS) is 21.7. The number of halogens is 5. The van der Waals surface area contributed by atoms with Gasteiger partial charge in [-0.1, -0.05) is 55.7 Å². The second kappa shape index (κ2) is 13.9. The number of benzene rings is 3. The Morgan fingerprint density at radius 1 is 0.767 bits per heavy atom. The first-order chi connectivity index (χ1) is 20.7. The van der Waals surface area contributed by atoms with Gasteiger partial charge in [-0.25, -0.2) is 22.0 Å². The molecule has 2 aliphatic heterocycles. The second-order valence-corrected chi connectivity index (χ2v) is 10.9. The van der Waals surface area contributed by atoms with E-state index >= 15 is 0 Å². The predicted octanol–water partition coefficient (Wildman–Crippen LogP) is 6.94. The average Bonchev–Trinajstić information content (AvgIpc) is 3.00. The van der Waals surface area contributed by atoms with Gasteiger partial charge in [0.25, 0.3) is 5.91 Å². The molecule has 43 heavy (non-hydrogen) atoms. The van der Waals surface area contributed by atoms with Gasteiger partial charge in [0.15, 0.2) is 29.6 Å². The van der Waals surface area contributed by atoms with E-state index in [1.165, 1.54) is 31.4 Å². The van der Waals surface area contributed by atoms with E-state index in [1.807, 2.05) is 24.3 Å². The van der Waals surface area contributed by atoms with Crippen molar-refractivity contribution in [1.29, 1.82) is 0 Å². The molecule has 2 N–H and O–H groups in total. The van der Waals surface area contributed by atoms with Crippen LogP contribution in [0.3, 0.4) is 0 Å². The zero-order valence-electron chi connectivity index (χ0n) is 23.4. The number of carbonyl (C=O) groups is 1. The van der Waals surface area contributed by atoms with E-state index < -0.39 is 46.8 Å². The van der Waals surface area contributed by atoms with E-state index in [1.54, 1.807) is 12.1 Å². The fourth-order valence-electron chi connectivity index (χ4n) is 5.54. The Hall–Kier alpha value is -3.38. The second-order valence-electron chi connectivity index (χ2n) is 10.9. The summed E-state index contributed by atoms with van der Waals surface area (Å²) in [6.45, 7) is 2.67. The van der Waals surface area contributed by atoms with Crippen LogP contribution in [0.2, 0.25) is 0 Å². The van der Waals surface area contributed by atoms with Crippen molar-refractivity contribution in [3.63, 3.8) is 0 Å². The third-order valence-corrected chi connectivity index (χ3v) is 7.90. The summed E-state index contributed by atoms with van der Waals surface area (Å²) in [7, 11) is 0. The largest absolute Gasteiger partial charge is 0.392 e. The summed E-state index contributed by atoms with van der Waals surface area (Å²) in [5.41, 5.74) is 0.842. The van der Waals surface area contributed by atoms with Crippen LogP contribution in [-0.2, 0) is 16.1 Å². The molecule has 2 fully saturated rings. The van der Waals surface area contributed by atoms with Crippen molar-refractivity contribution in [2.24, 2.45) is 0 Å². The number of aliphatic hydroxyl groups excluding tert-OH is 1. The molecule has 0 aliphatic carbocycles. The fourth-order valence-corrected chi connectivity index (χ4v) is 5.54. The van der Waals surface area contributed by atoms with Crippen LogP contribution in [0.15, 0.2) is 48.5 Å². The number of carbonyl (C=O) groups excluding carboxylic acids is 1. The minimum atomic E-state index is -2.34. The zero-order valence-corrected chi connectivity index (χ0v) is 23.4. The van der Waals surface area contributed by atoms with Crippen LogP contribution in [0, 0.1) is 29.1 Å². The summed E-state index contributed by atoms with van der Waals surface area (Å²) in [5, 5.41) is 11.6. The molecule has 0 unspecified atom stereocenters. The first-order valence-electron chi connectivity index (χ1n) is 14.4. The van der Waals surface area contributed by atoms with Gasteiger partial charge in [-0.15, -0.1) is 0 Å². The van der Waals surface area contributed by atoms with Gasteiger partial charge in [-0.3, -0.25) is 4.79 Å². The maximum absolute atomic E-state index is 14.1. The number of nitrogens with zero attached hydrogens (tertiary/aromatic N) is 1. The Balaban J connectivity index is 1.33. The molecular formula is C32H33F5N2O4. The minimum absolute atomic E-state index is 0.0671. The summed E-state index contributed by atoms with van der Waals surface area (Å²) in [4.78, 5) is 14.9. The molecular weight excluding hydrogens is 571 g/mol. The number of anilines is 1. The molecule has 3 aromatic rings. The Morgan fingerprint density at radius 3 is 1.93 bits per heavy atom. The van der Waals surface area contributed by atoms with Crippen molar-refractivity contribution < 1.29 is 41.3 Å². The van der Waals surface area contributed by atoms with Crippen molar-refractivity contribution in [3.05, 3.63) is 99.9 Å². The predicted molar refractivity (Wildman–Crippen MR) is 149 cm³/mol. The first kappa shape index (κ1) is 31.1. The highest BCUT2D eigenvalue weighted by molar-refractivity contribution is 6.04. The summed E-state index contributed by atoms with van der Waals surface area (Å²) < 4.78 is 81.5. The number of nitrogens with one attached hydrogen (secondary N) is 1. The standard InChI is InChI=1S/C32H33F5N2O4/c33-26-25(27(34)29(36)30(37)28(26)35)31(41)38-22-12-10-21(11-13-22)32-42-23(17-39-14-4-2-1-3-5-15-39)16-24(43-32)20-8-6-19(18-40)7-9-20/h6-13,23-24,32,40H,1-5,14-18H2,(H,38,41)/t23-,24+,32+/m1/s1. The molecule has 2 heterocycles. The molecule has 0 spiro atoms. The van der Waals surface area contributed by atoms with Gasteiger partial charge < -0.3 is 24.8 Å². The molecule has 230 valence electrons. The van der Waals surface area contributed by atoms with E-state index in [0.717, 1.165) is 43.6 Å². The first-order valence-corrected chi connectivity index (χ1v) is 14.4. The summed E-state index contributed by atoms with van der Waals surface area (Å²) >= 11 is 0. The van der Waals surface area contributed by atoms with E-state index in [-0.39, 0.29) is 24.5 Å². The van der Waals surface area contributed by atoms with E-state index in [2.05, 4.69) is 10.2 Å². The number of hydrogen-bond acceptors (Lipinski definition) is 5. The number of ether oxygens (including phenoxy) is 2. The zero-order chi connectivity index (χ0) is 30.5. The molecule has 5 rings (SSSR count). The summed E-state index contributed by atoms with van der Waals surface area (Å²) in [6, 6.07) is 13.6. The number of amides is 1. The number of likely N-dealkylation sites (tertiary alicyclic amines) is 1. The Kier molecular flexibility index (Phi) is 10.1. The molecule has 3 aromatic carbocycles. The molecule has 3 atom stereocenters. The van der Waals surface area contributed by atoms with Crippen molar-refractivity contribution in [2.75, 3.05) is 25.0 Å². The van der Waals surface area contributed by atoms with Crippen molar-refractivity contribution in [1.82, 2.24) is 4.90 Å². The van der Waals surface area contributed by atoms with E-state index in [9.17, 15) is 31.9 Å². The van der Waals surface area contributed by atoms with Gasteiger partial charge in [-0.05, 0) is 49.2 Å². The average molecular weight is 605 g/mol. The molecule has 0 aromatic heterocycles. The Morgan fingerprint density at radius 2 is 1.33 bits per heavy atom. The van der Waals surface area contributed by atoms with Crippen LogP contribution < -0.4 is 5.32 Å². The molecule has 0 bridgehead atoms. The van der Waals surface area contributed by atoms with Gasteiger partial charge in [0.05, 0.1) is 18.8 Å². The molecule has 11 heteroatoms. The van der Waals surface area contributed by atoms with Crippen LogP contribution in [0.25, 0.3) is 0 Å². The number of hydrogen-bond donors (Lipinski definition) is 2. The number of rotatable bonds is 7. The fraction of sp³-hybridized carbons (Fsp3) is 0.406. The lowest BCUT2D eigenvalue weighted by Gasteiger charge is -2.38. The van der Waals surface area contributed by atoms with Crippen LogP contribution in [0.4, 0.5) is 27.6 Å². The van der Waals surface area contributed by atoms with Crippen LogP contribution >= 0.6 is 0 Å². The quantitative estimate of drug-likeness (QED) is 0.174. The summed E-state index contributed by atoms with van der Waals surface area (Å²) in [6.07, 6.45) is 5.37. The topological polar surface area (TPSA) is 71.0 Å². The van der Waals surface area contributed by atoms with Gasteiger partial charge in [0.2, 0.25) is 5.82 Å². The van der Waals surface area contributed by atoms with Gasteiger partial charge in [0.1, 0.15) is 5.56 Å². The molecule has 0 radical (unpaired) electrons. The Labute approximate surface area is 246 Å². The van der Waals surface area contributed by atoms with E-state index in [4.69, 9.17) is 9.47 Å². The highest BCUT2D eigenvalue weighted by atomic mass is 19.2. The Bertz CT molecular complexity index is 1380. The molecule has 2 aliphatic rings. The van der Waals surface area contributed by atoms with Crippen molar-refractivity contribution in [2.45, 2.75) is 63.6 Å². The van der Waals surface area contributed by atoms with Gasteiger partial charge in [-0.2, -0.15) is 0 Å². The van der Waals surface area contributed by atoms with Gasteiger partial charge >= 0.3 is 0 Å². The van der Waals surface area contributed by atoms with E-state index in [0.29, 0.717) is 12.0 Å². The van der Waals surface area contributed by atoms with Crippen LogP contribution in [0.5, 0.6) is 0 Å². The lowest BCUT2D eigenvalue weighted by Crippen LogP contribution is -2.40. The maximum atomic E-state index is 14.1. The molecule has 6 nitrogen and oxygen atoms in total. The van der Waals surface area contributed by atoms with Crippen LogP contribution in [0.1, 0.15) is 78.0 Å². The van der Waals surface area contributed by atoms with Crippen molar-refractivity contribution >= 4 is 11.6 Å². The van der Waals surface area contributed by atoms with Crippen LogP contribution in [-0.4, -0.2) is 41.7 Å². The smallest absolute Gasteiger partial charge is 0.261 e. The lowest BCUT2D eigenvalue weighted by atomic mass is 9.99. The molecule has 1 amide bonds.